The zero-order valence-corrected chi connectivity index (χ0v) is 9.14. The van der Waals surface area contributed by atoms with Gasteiger partial charge in [-0.15, -0.1) is 0 Å². The van der Waals surface area contributed by atoms with Crippen LogP contribution in [0.5, 0.6) is 0 Å². The smallest absolute Gasteiger partial charge is 0.339 e. The van der Waals surface area contributed by atoms with Gasteiger partial charge in [0.05, 0.1) is 0 Å². The van der Waals surface area contributed by atoms with Gasteiger partial charge in [0.25, 0.3) is 0 Å². The van der Waals surface area contributed by atoms with Crippen LogP contribution in [-0.2, 0) is 0 Å². The minimum Gasteiger partial charge on any atom is -0.478 e. The maximum Gasteiger partial charge on any atom is 0.339 e. The highest BCUT2D eigenvalue weighted by Gasteiger charge is 2.07. The summed E-state index contributed by atoms with van der Waals surface area (Å²) in [6.07, 6.45) is 1.46. The molecule has 1 rings (SSSR count). The first-order chi connectivity index (χ1) is 7.52. The van der Waals surface area contributed by atoms with Crippen molar-refractivity contribution in [3.63, 3.8) is 0 Å². The van der Waals surface area contributed by atoms with Gasteiger partial charge in [0.2, 0.25) is 0 Å². The molecule has 0 fully saturated rings. The van der Waals surface area contributed by atoms with Crippen molar-refractivity contribution in [1.82, 2.24) is 4.98 Å². The molecule has 1 aromatic heterocycles. The van der Waals surface area contributed by atoms with Gasteiger partial charge in [0.1, 0.15) is 5.56 Å². The topological polar surface area (TPSA) is 127 Å². The number of hydrazine groups is 1. The number of nitrogens with zero attached hydrogens (tertiary/aromatic N) is 2. The van der Waals surface area contributed by atoms with Crippen molar-refractivity contribution < 1.29 is 9.90 Å². The second-order valence-electron chi connectivity index (χ2n) is 2.93. The molecule has 0 unspecified atom stereocenters. The third kappa shape index (κ3) is 4.91. The van der Waals surface area contributed by atoms with Gasteiger partial charge < -0.3 is 16.4 Å². The molecule has 0 atom stereocenters. The number of nitrogens with two attached hydrogens (primary N) is 2. The highest BCUT2D eigenvalue weighted by Crippen LogP contribution is 2.08. The van der Waals surface area contributed by atoms with Crippen LogP contribution in [0, 0.1) is 0 Å². The predicted molar refractivity (Wildman–Crippen MR) is 62.0 cm³/mol. The van der Waals surface area contributed by atoms with Crippen molar-refractivity contribution in [1.29, 1.82) is 0 Å². The van der Waals surface area contributed by atoms with Crippen molar-refractivity contribution in [2.45, 2.75) is 13.8 Å². The number of pyridine rings is 1. The normalized spacial score (nSPS) is 8.44. The lowest BCUT2D eigenvalue weighted by atomic mass is 10.2. The molecule has 0 saturated carbocycles. The van der Waals surface area contributed by atoms with Gasteiger partial charge in [0, 0.05) is 11.9 Å². The number of carboxylic acid groups (broad SMARTS) is 1. The lowest BCUT2D eigenvalue weighted by molar-refractivity contribution is 0.0697. The lowest BCUT2D eigenvalue weighted by Gasteiger charge is -2.00. The SMILES string of the molecule is CC(C)=NN.NNc1ncccc1C(=O)O. The minimum atomic E-state index is -1.05. The Kier molecular flexibility index (Phi) is 6.22. The molecule has 1 heterocycles. The number of carboxylic acids is 1. The Morgan fingerprint density at radius 2 is 2.12 bits per heavy atom. The molecular formula is C9H15N5O2. The van der Waals surface area contributed by atoms with Crippen LogP contribution in [0.15, 0.2) is 23.4 Å². The predicted octanol–water partition coefficient (Wildman–Crippen LogP) is 0.406. The standard InChI is InChI=1S/C6H7N3O2.C3H8N2/c7-9-5-4(6(10)11)2-1-3-8-5;1-3(2)5-4/h1-3H,7H2,(H,8,9)(H,10,11);4H2,1-2H3. The quantitative estimate of drug-likeness (QED) is 0.328. The third-order valence-electron chi connectivity index (χ3n) is 1.43. The van der Waals surface area contributed by atoms with Crippen LogP contribution in [0.1, 0.15) is 24.2 Å². The molecule has 0 radical (unpaired) electrons. The number of nitrogen functional groups attached to an aromatic ring is 1. The van der Waals surface area contributed by atoms with Crippen molar-refractivity contribution in [2.75, 3.05) is 5.43 Å². The summed E-state index contributed by atoms with van der Waals surface area (Å²) in [7, 11) is 0. The maximum absolute atomic E-state index is 10.4. The zero-order valence-electron chi connectivity index (χ0n) is 9.14. The van der Waals surface area contributed by atoms with Crippen molar-refractivity contribution in [3.8, 4) is 0 Å². The molecule has 6 N–H and O–H groups in total. The molecule has 0 amide bonds. The van der Waals surface area contributed by atoms with Crippen molar-refractivity contribution in [3.05, 3.63) is 23.9 Å². The first-order valence-corrected chi connectivity index (χ1v) is 4.39. The van der Waals surface area contributed by atoms with Crippen LogP contribution in [0.25, 0.3) is 0 Å². The average Bonchev–Trinajstić information content (AvgIpc) is 2.29. The van der Waals surface area contributed by atoms with Crippen molar-refractivity contribution >= 4 is 17.5 Å². The number of hydrogen-bond acceptors (Lipinski definition) is 6. The van der Waals surface area contributed by atoms with E-state index in [1.807, 2.05) is 13.8 Å². The summed E-state index contributed by atoms with van der Waals surface area (Å²) in [4.78, 5) is 14.1. The van der Waals surface area contributed by atoms with E-state index >= 15 is 0 Å². The van der Waals surface area contributed by atoms with Crippen LogP contribution in [-0.4, -0.2) is 21.8 Å². The second-order valence-corrected chi connectivity index (χ2v) is 2.93. The Balaban J connectivity index is 0.000000385. The summed E-state index contributed by atoms with van der Waals surface area (Å²) < 4.78 is 0. The monoisotopic (exact) mass is 225 g/mol. The van der Waals surface area contributed by atoms with Gasteiger partial charge in [-0.05, 0) is 26.0 Å². The van der Waals surface area contributed by atoms with E-state index < -0.39 is 5.97 Å². The van der Waals surface area contributed by atoms with E-state index in [1.165, 1.54) is 18.3 Å². The largest absolute Gasteiger partial charge is 0.478 e. The summed E-state index contributed by atoms with van der Waals surface area (Å²) in [5.74, 6) is 8.89. The van der Waals surface area contributed by atoms with Gasteiger partial charge >= 0.3 is 5.97 Å². The first kappa shape index (κ1) is 13.8. The molecule has 0 spiro atoms. The van der Waals surface area contributed by atoms with Gasteiger partial charge in [0.15, 0.2) is 5.82 Å². The number of hydrogen-bond donors (Lipinski definition) is 4. The fraction of sp³-hybridized carbons (Fsp3) is 0.222. The molecule has 7 nitrogen and oxygen atoms in total. The highest BCUT2D eigenvalue weighted by molar-refractivity contribution is 5.92. The molecule has 7 heteroatoms. The Morgan fingerprint density at radius 1 is 1.56 bits per heavy atom. The molecule has 0 saturated heterocycles. The summed E-state index contributed by atoms with van der Waals surface area (Å²) in [5, 5.41) is 11.9. The Morgan fingerprint density at radius 3 is 2.44 bits per heavy atom. The van der Waals surface area contributed by atoms with E-state index in [1.54, 1.807) is 0 Å². The third-order valence-corrected chi connectivity index (χ3v) is 1.43. The number of carbonyl (C=O) groups is 1. The zero-order chi connectivity index (χ0) is 12.6. The Bertz CT molecular complexity index is 374. The number of rotatable bonds is 2. The molecule has 1 aromatic rings. The van der Waals surface area contributed by atoms with E-state index in [-0.39, 0.29) is 11.4 Å². The summed E-state index contributed by atoms with van der Waals surface area (Å²) >= 11 is 0. The molecule has 0 aliphatic carbocycles. The van der Waals surface area contributed by atoms with E-state index in [0.717, 1.165) is 5.71 Å². The van der Waals surface area contributed by atoms with Crippen LogP contribution in [0.3, 0.4) is 0 Å². The fourth-order valence-electron chi connectivity index (χ4n) is 0.693. The van der Waals surface area contributed by atoms with Crippen molar-refractivity contribution in [2.24, 2.45) is 16.8 Å². The molecule has 0 aromatic carbocycles. The molecule has 0 bridgehead atoms. The highest BCUT2D eigenvalue weighted by atomic mass is 16.4. The van der Waals surface area contributed by atoms with E-state index in [0.29, 0.717) is 0 Å². The number of anilines is 1. The molecular weight excluding hydrogens is 210 g/mol. The number of nitrogens with one attached hydrogen (secondary N) is 1. The van der Waals surface area contributed by atoms with Gasteiger partial charge in [-0.1, -0.05) is 0 Å². The molecule has 0 aliphatic rings. The molecule has 16 heavy (non-hydrogen) atoms. The van der Waals surface area contributed by atoms with Gasteiger partial charge in [-0.3, -0.25) is 0 Å². The average molecular weight is 225 g/mol. The van der Waals surface area contributed by atoms with Gasteiger partial charge in [-0.25, -0.2) is 15.6 Å². The summed E-state index contributed by atoms with van der Waals surface area (Å²) in [6.45, 7) is 3.69. The van der Waals surface area contributed by atoms with Gasteiger partial charge in [-0.2, -0.15) is 5.10 Å². The van der Waals surface area contributed by atoms with Crippen LogP contribution in [0.2, 0.25) is 0 Å². The first-order valence-electron chi connectivity index (χ1n) is 4.39. The number of aromatic nitrogens is 1. The molecule has 88 valence electrons. The van der Waals surface area contributed by atoms with E-state index in [2.05, 4.69) is 15.5 Å². The molecule has 0 aliphatic heterocycles. The second kappa shape index (κ2) is 7.18. The maximum atomic E-state index is 10.4. The Hall–Kier alpha value is -2.15. The van der Waals surface area contributed by atoms with Crippen LogP contribution < -0.4 is 17.1 Å². The number of aromatic carboxylic acids is 1. The lowest BCUT2D eigenvalue weighted by Crippen LogP contribution is -2.13. The van der Waals surface area contributed by atoms with E-state index in [4.69, 9.17) is 16.8 Å². The summed E-state index contributed by atoms with van der Waals surface area (Å²) in [6, 6.07) is 2.95. The van der Waals surface area contributed by atoms with E-state index in [9.17, 15) is 4.79 Å². The Labute approximate surface area is 93.1 Å². The number of hydrazone groups is 1. The fourth-order valence-corrected chi connectivity index (χ4v) is 0.693. The summed E-state index contributed by atoms with van der Waals surface area (Å²) in [5.41, 5.74) is 3.16. The van der Waals surface area contributed by atoms with Crippen LogP contribution >= 0.6 is 0 Å². The minimum absolute atomic E-state index is 0.0648. The van der Waals surface area contributed by atoms with Crippen LogP contribution in [0.4, 0.5) is 5.82 Å².